The van der Waals surface area contributed by atoms with Crippen molar-refractivity contribution in [2.75, 3.05) is 6.54 Å². The monoisotopic (exact) mass is 255 g/mol. The molecule has 6 heteroatoms. The van der Waals surface area contributed by atoms with Gasteiger partial charge in [-0.25, -0.2) is 4.98 Å². The Labute approximate surface area is 103 Å². The fourth-order valence-corrected chi connectivity index (χ4v) is 2.54. The zero-order valence-corrected chi connectivity index (χ0v) is 10.6. The Morgan fingerprint density at radius 1 is 1.44 bits per heavy atom. The number of nitrogens with one attached hydrogen (secondary N) is 1. The fraction of sp³-hybridized carbons (Fsp3) is 0.400. The highest BCUT2D eigenvalue weighted by Gasteiger charge is 2.04. The number of furan rings is 1. The first-order valence-corrected chi connectivity index (χ1v) is 6.82. The maximum absolute atomic E-state index is 5.66. The lowest BCUT2D eigenvalue weighted by atomic mass is 10.4. The van der Waals surface area contributed by atoms with Gasteiger partial charge >= 0.3 is 0 Å². The largest absolute Gasteiger partial charge is 0.464 e. The molecule has 4 nitrogen and oxygen atoms in total. The van der Waals surface area contributed by atoms with Gasteiger partial charge in [0.1, 0.15) is 17.8 Å². The van der Waals surface area contributed by atoms with Crippen molar-refractivity contribution in [3.8, 4) is 0 Å². The molecule has 2 rings (SSSR count). The minimum atomic E-state index is 0.792. The number of rotatable bonds is 6. The summed E-state index contributed by atoms with van der Waals surface area (Å²) in [6.07, 6.45) is 1.58. The van der Waals surface area contributed by atoms with E-state index in [-0.39, 0.29) is 0 Å². The number of aromatic nitrogens is 2. The molecule has 0 saturated heterocycles. The molecule has 0 radical (unpaired) electrons. The van der Waals surface area contributed by atoms with Gasteiger partial charge in [-0.05, 0) is 30.2 Å². The third kappa shape index (κ3) is 3.33. The van der Waals surface area contributed by atoms with E-state index < -0.39 is 0 Å². The summed E-state index contributed by atoms with van der Waals surface area (Å²) in [5, 5.41) is 3.23. The van der Waals surface area contributed by atoms with Crippen LogP contribution in [0.1, 0.15) is 18.4 Å². The molecule has 0 spiro atoms. The molecular formula is C10H13N3OS2. The van der Waals surface area contributed by atoms with Gasteiger partial charge in [-0.2, -0.15) is 4.37 Å². The van der Waals surface area contributed by atoms with Crippen molar-refractivity contribution in [1.82, 2.24) is 14.7 Å². The van der Waals surface area contributed by atoms with E-state index in [4.69, 9.17) is 4.42 Å². The zero-order chi connectivity index (χ0) is 11.2. The highest BCUT2D eigenvalue weighted by atomic mass is 32.2. The lowest BCUT2D eigenvalue weighted by Crippen LogP contribution is -2.10. The Morgan fingerprint density at radius 3 is 3.06 bits per heavy atom. The molecule has 86 valence electrons. The number of hydrogen-bond acceptors (Lipinski definition) is 6. The highest BCUT2D eigenvalue weighted by Crippen LogP contribution is 2.24. The smallest absolute Gasteiger partial charge is 0.170 e. The summed E-state index contributed by atoms with van der Waals surface area (Å²) in [6.45, 7) is 3.82. The third-order valence-corrected chi connectivity index (χ3v) is 3.77. The lowest BCUT2D eigenvalue weighted by Gasteiger charge is -1.97. The summed E-state index contributed by atoms with van der Waals surface area (Å²) in [5.41, 5.74) is 0. The van der Waals surface area contributed by atoms with Gasteiger partial charge in [0.05, 0.1) is 12.3 Å². The molecule has 0 aliphatic carbocycles. The fourth-order valence-electron chi connectivity index (χ4n) is 1.20. The summed E-state index contributed by atoms with van der Waals surface area (Å²) in [4.78, 5) is 4.10. The van der Waals surface area contributed by atoms with Crippen molar-refractivity contribution >= 4 is 23.3 Å². The van der Waals surface area contributed by atoms with Gasteiger partial charge in [0, 0.05) is 0 Å². The van der Waals surface area contributed by atoms with Crippen LogP contribution in [0.3, 0.4) is 0 Å². The Balaban J connectivity index is 1.83. The summed E-state index contributed by atoms with van der Waals surface area (Å²) >= 11 is 3.06. The van der Waals surface area contributed by atoms with Crippen LogP contribution in [-0.4, -0.2) is 15.9 Å². The molecule has 1 N–H and O–H groups in total. The van der Waals surface area contributed by atoms with E-state index >= 15 is 0 Å². The topological polar surface area (TPSA) is 51.0 Å². The SMILES string of the molecule is CCNCc1ccc(CSc2ncns2)o1. The number of nitrogens with zero attached hydrogens (tertiary/aromatic N) is 2. The van der Waals surface area contributed by atoms with Gasteiger partial charge in [0.2, 0.25) is 0 Å². The average Bonchev–Trinajstić information content (AvgIpc) is 2.95. The Bertz CT molecular complexity index is 413. The summed E-state index contributed by atoms with van der Waals surface area (Å²) in [5.74, 6) is 2.77. The van der Waals surface area contributed by atoms with Gasteiger partial charge in [0.25, 0.3) is 0 Å². The van der Waals surface area contributed by atoms with E-state index in [1.807, 2.05) is 12.1 Å². The van der Waals surface area contributed by atoms with Gasteiger partial charge in [-0.15, -0.1) is 0 Å². The third-order valence-electron chi connectivity index (χ3n) is 1.95. The molecule has 16 heavy (non-hydrogen) atoms. The van der Waals surface area contributed by atoms with E-state index in [2.05, 4.69) is 21.6 Å². The minimum Gasteiger partial charge on any atom is -0.464 e. The summed E-state index contributed by atoms with van der Waals surface area (Å²) in [7, 11) is 0. The second-order valence-electron chi connectivity index (χ2n) is 3.14. The molecule has 0 saturated carbocycles. The molecule has 0 fully saturated rings. The first-order valence-electron chi connectivity index (χ1n) is 5.06. The number of hydrogen-bond donors (Lipinski definition) is 1. The number of thioether (sulfide) groups is 1. The van der Waals surface area contributed by atoms with Crippen LogP contribution >= 0.6 is 23.3 Å². The first-order chi connectivity index (χ1) is 7.88. The molecule has 0 atom stereocenters. The van der Waals surface area contributed by atoms with Crippen molar-refractivity contribution < 1.29 is 4.42 Å². The van der Waals surface area contributed by atoms with Crippen LogP contribution in [0.4, 0.5) is 0 Å². The summed E-state index contributed by atoms with van der Waals surface area (Å²) < 4.78 is 10.6. The normalized spacial score (nSPS) is 10.8. The quantitative estimate of drug-likeness (QED) is 0.804. The Kier molecular flexibility index (Phi) is 4.38. The van der Waals surface area contributed by atoms with Gasteiger partial charge in [0.15, 0.2) is 4.34 Å². The second kappa shape index (κ2) is 6.03. The van der Waals surface area contributed by atoms with Crippen LogP contribution in [0, 0.1) is 0 Å². The first kappa shape index (κ1) is 11.6. The Hall–Kier alpha value is -0.850. The van der Waals surface area contributed by atoms with Crippen LogP contribution in [0.15, 0.2) is 27.2 Å². The van der Waals surface area contributed by atoms with Gasteiger partial charge in [-0.1, -0.05) is 18.7 Å². The maximum atomic E-state index is 5.66. The predicted octanol–water partition coefficient (Wildman–Crippen LogP) is 2.53. The Morgan fingerprint density at radius 2 is 2.31 bits per heavy atom. The van der Waals surface area contributed by atoms with Crippen LogP contribution in [0.2, 0.25) is 0 Å². The molecule has 0 unspecified atom stereocenters. The van der Waals surface area contributed by atoms with E-state index in [0.29, 0.717) is 0 Å². The van der Waals surface area contributed by atoms with E-state index in [1.54, 1.807) is 18.1 Å². The van der Waals surface area contributed by atoms with Crippen molar-refractivity contribution in [2.24, 2.45) is 0 Å². The van der Waals surface area contributed by atoms with Crippen molar-refractivity contribution in [3.05, 3.63) is 30.0 Å². The average molecular weight is 255 g/mol. The van der Waals surface area contributed by atoms with E-state index in [1.165, 1.54) is 11.5 Å². The zero-order valence-electron chi connectivity index (χ0n) is 8.97. The van der Waals surface area contributed by atoms with Crippen LogP contribution in [-0.2, 0) is 12.3 Å². The van der Waals surface area contributed by atoms with Crippen LogP contribution in [0.25, 0.3) is 0 Å². The molecule has 0 aliphatic rings. The van der Waals surface area contributed by atoms with Crippen molar-refractivity contribution in [2.45, 2.75) is 23.6 Å². The molecule has 0 aromatic carbocycles. The minimum absolute atomic E-state index is 0.792. The molecule has 0 amide bonds. The van der Waals surface area contributed by atoms with E-state index in [9.17, 15) is 0 Å². The molecule has 0 aliphatic heterocycles. The second-order valence-corrected chi connectivity index (χ2v) is 5.15. The molecule has 0 bridgehead atoms. The highest BCUT2D eigenvalue weighted by molar-refractivity contribution is 8.00. The van der Waals surface area contributed by atoms with E-state index in [0.717, 1.165) is 34.7 Å². The van der Waals surface area contributed by atoms with Crippen molar-refractivity contribution in [1.29, 1.82) is 0 Å². The van der Waals surface area contributed by atoms with Crippen LogP contribution < -0.4 is 5.32 Å². The summed E-state index contributed by atoms with van der Waals surface area (Å²) in [6, 6.07) is 4.03. The van der Waals surface area contributed by atoms with Crippen molar-refractivity contribution in [3.63, 3.8) is 0 Å². The molecule has 2 aromatic rings. The maximum Gasteiger partial charge on any atom is 0.170 e. The van der Waals surface area contributed by atoms with Crippen LogP contribution in [0.5, 0.6) is 0 Å². The molecule has 2 aromatic heterocycles. The molecule has 2 heterocycles. The molecular weight excluding hydrogens is 242 g/mol. The standard InChI is InChI=1S/C10H13N3OS2/c1-2-11-5-8-3-4-9(14-8)6-15-10-12-7-13-16-10/h3-4,7,11H,2,5-6H2,1H3. The van der Waals surface area contributed by atoms with Gasteiger partial charge < -0.3 is 9.73 Å². The predicted molar refractivity (Wildman–Crippen MR) is 65.6 cm³/mol. The lowest BCUT2D eigenvalue weighted by molar-refractivity contribution is 0.463. The van der Waals surface area contributed by atoms with Gasteiger partial charge in [-0.3, -0.25) is 0 Å².